The maximum atomic E-state index is 12.0. The first kappa shape index (κ1) is 17.1. The van der Waals surface area contributed by atoms with E-state index in [1.165, 1.54) is 0 Å². The number of anilines is 1. The summed E-state index contributed by atoms with van der Waals surface area (Å²) in [6, 6.07) is 6.49. The second-order valence-electron chi connectivity index (χ2n) is 4.99. The number of carbonyl (C=O) groups excluding carboxylic acids is 2. The molecule has 22 heavy (non-hydrogen) atoms. The number of esters is 1. The van der Waals surface area contributed by atoms with E-state index in [1.807, 2.05) is 18.7 Å². The minimum absolute atomic E-state index is 0.293. The van der Waals surface area contributed by atoms with Crippen LogP contribution in [0.3, 0.4) is 0 Å². The van der Waals surface area contributed by atoms with E-state index >= 15 is 0 Å². The summed E-state index contributed by atoms with van der Waals surface area (Å²) in [5.41, 5.74) is 0.578. The molecule has 1 amide bonds. The van der Waals surface area contributed by atoms with Crippen molar-refractivity contribution in [2.45, 2.75) is 13.0 Å². The summed E-state index contributed by atoms with van der Waals surface area (Å²) in [6.07, 6.45) is 0. The molecule has 1 saturated heterocycles. The second-order valence-corrected chi connectivity index (χ2v) is 6.65. The highest BCUT2D eigenvalue weighted by atomic mass is 35.5. The number of rotatable bonds is 5. The van der Waals surface area contributed by atoms with E-state index in [0.717, 1.165) is 24.6 Å². The van der Waals surface area contributed by atoms with E-state index in [0.29, 0.717) is 10.7 Å². The van der Waals surface area contributed by atoms with Crippen LogP contribution in [0.25, 0.3) is 0 Å². The van der Waals surface area contributed by atoms with E-state index in [4.69, 9.17) is 16.3 Å². The molecular weight excluding hydrogens is 324 g/mol. The monoisotopic (exact) mass is 342 g/mol. The highest BCUT2D eigenvalue weighted by Gasteiger charge is 2.24. The molecule has 1 N–H and O–H groups in total. The number of thioether (sulfide) groups is 1. The van der Waals surface area contributed by atoms with Crippen molar-refractivity contribution in [2.75, 3.05) is 36.5 Å². The molecule has 0 aromatic heterocycles. The third-order valence-corrected chi connectivity index (χ3v) is 4.57. The molecule has 0 saturated carbocycles. The Balaban J connectivity index is 1.76. The van der Waals surface area contributed by atoms with Gasteiger partial charge in [-0.15, -0.1) is 0 Å². The number of carbonyl (C=O) groups is 2. The van der Waals surface area contributed by atoms with E-state index in [1.54, 1.807) is 24.3 Å². The van der Waals surface area contributed by atoms with Crippen molar-refractivity contribution in [1.29, 1.82) is 0 Å². The Morgan fingerprint density at radius 3 is 2.82 bits per heavy atom. The molecule has 120 valence electrons. The number of amides is 1. The largest absolute Gasteiger partial charge is 0.454 e. The summed E-state index contributed by atoms with van der Waals surface area (Å²) in [5, 5.41) is 3.17. The maximum Gasteiger partial charge on any atom is 0.323 e. The minimum atomic E-state index is -0.378. The molecule has 1 aromatic carbocycles. The van der Waals surface area contributed by atoms with Crippen LogP contribution in [-0.2, 0) is 14.3 Å². The standard InChI is InChI=1S/C15H19ClN2O3S/c1-11(18-5-7-22-8-6-18)15(20)21-10-14(19)17-13-4-2-3-12(16)9-13/h2-4,9,11H,5-8,10H2,1H3,(H,17,19). The lowest BCUT2D eigenvalue weighted by molar-refractivity contribution is -0.152. The molecule has 1 atom stereocenters. The van der Waals surface area contributed by atoms with Crippen LogP contribution < -0.4 is 5.32 Å². The summed E-state index contributed by atoms with van der Waals surface area (Å²) < 4.78 is 5.09. The molecule has 1 heterocycles. The lowest BCUT2D eigenvalue weighted by atomic mass is 10.3. The number of ether oxygens (including phenoxy) is 1. The maximum absolute atomic E-state index is 12.0. The van der Waals surface area contributed by atoms with Gasteiger partial charge in [-0.05, 0) is 25.1 Å². The van der Waals surface area contributed by atoms with Gasteiger partial charge in [0.2, 0.25) is 0 Å². The third kappa shape index (κ3) is 5.19. The van der Waals surface area contributed by atoms with Crippen LogP contribution >= 0.6 is 23.4 Å². The zero-order chi connectivity index (χ0) is 15.9. The van der Waals surface area contributed by atoms with Crippen molar-refractivity contribution < 1.29 is 14.3 Å². The van der Waals surface area contributed by atoms with Crippen LogP contribution in [0.5, 0.6) is 0 Å². The van der Waals surface area contributed by atoms with Gasteiger partial charge in [-0.3, -0.25) is 14.5 Å². The Kier molecular flexibility index (Phi) is 6.54. The van der Waals surface area contributed by atoms with Crippen LogP contribution in [0.1, 0.15) is 6.92 Å². The van der Waals surface area contributed by atoms with Crippen LogP contribution in [0.15, 0.2) is 24.3 Å². The molecule has 5 nitrogen and oxygen atoms in total. The first-order chi connectivity index (χ1) is 10.6. The minimum Gasteiger partial charge on any atom is -0.454 e. The zero-order valence-electron chi connectivity index (χ0n) is 12.4. The van der Waals surface area contributed by atoms with Crippen LogP contribution in [0.2, 0.25) is 5.02 Å². The third-order valence-electron chi connectivity index (χ3n) is 3.39. The smallest absolute Gasteiger partial charge is 0.323 e. The molecule has 0 radical (unpaired) electrons. The number of nitrogens with zero attached hydrogens (tertiary/aromatic N) is 1. The fourth-order valence-electron chi connectivity index (χ4n) is 2.13. The van der Waals surface area contributed by atoms with E-state index in [2.05, 4.69) is 10.2 Å². The summed E-state index contributed by atoms with van der Waals surface area (Å²) in [4.78, 5) is 25.8. The van der Waals surface area contributed by atoms with Crippen molar-refractivity contribution in [3.8, 4) is 0 Å². The van der Waals surface area contributed by atoms with Gasteiger partial charge in [-0.25, -0.2) is 0 Å². The summed E-state index contributed by atoms with van der Waals surface area (Å²) in [5.74, 6) is 1.30. The number of halogens is 1. The Hall–Kier alpha value is -1.24. The van der Waals surface area contributed by atoms with Gasteiger partial charge in [0.05, 0.1) is 0 Å². The fraction of sp³-hybridized carbons (Fsp3) is 0.467. The molecule has 1 unspecified atom stereocenters. The van der Waals surface area contributed by atoms with E-state index in [9.17, 15) is 9.59 Å². The van der Waals surface area contributed by atoms with Gasteiger partial charge in [0.25, 0.3) is 5.91 Å². The van der Waals surface area contributed by atoms with Gasteiger partial charge in [-0.1, -0.05) is 17.7 Å². The van der Waals surface area contributed by atoms with Crippen molar-refractivity contribution in [2.24, 2.45) is 0 Å². The lowest BCUT2D eigenvalue weighted by Gasteiger charge is -2.30. The quantitative estimate of drug-likeness (QED) is 0.832. The van der Waals surface area contributed by atoms with Crippen molar-refractivity contribution in [3.05, 3.63) is 29.3 Å². The van der Waals surface area contributed by atoms with E-state index in [-0.39, 0.29) is 24.5 Å². The van der Waals surface area contributed by atoms with Gasteiger partial charge in [-0.2, -0.15) is 11.8 Å². The Bertz CT molecular complexity index is 535. The predicted molar refractivity (Wildman–Crippen MR) is 89.4 cm³/mol. The predicted octanol–water partition coefficient (Wildman–Crippen LogP) is 2.26. The molecule has 2 rings (SSSR count). The highest BCUT2D eigenvalue weighted by Crippen LogP contribution is 2.15. The molecule has 0 aliphatic carbocycles. The average Bonchev–Trinajstić information content (AvgIpc) is 2.52. The number of benzene rings is 1. The molecule has 1 fully saturated rings. The van der Waals surface area contributed by atoms with E-state index < -0.39 is 0 Å². The molecule has 7 heteroatoms. The Labute approximate surface area is 139 Å². The Morgan fingerprint density at radius 1 is 1.41 bits per heavy atom. The molecule has 1 aromatic rings. The SMILES string of the molecule is CC(C(=O)OCC(=O)Nc1cccc(Cl)c1)N1CCSCC1. The Morgan fingerprint density at radius 2 is 2.14 bits per heavy atom. The highest BCUT2D eigenvalue weighted by molar-refractivity contribution is 7.99. The fourth-order valence-corrected chi connectivity index (χ4v) is 3.26. The molecule has 0 spiro atoms. The first-order valence-corrected chi connectivity index (χ1v) is 8.63. The summed E-state index contributed by atoms with van der Waals surface area (Å²) >= 11 is 7.72. The molecular formula is C15H19ClN2O3S. The second kappa shape index (κ2) is 8.41. The van der Waals surface area contributed by atoms with Gasteiger partial charge in [0, 0.05) is 35.3 Å². The summed E-state index contributed by atoms with van der Waals surface area (Å²) in [7, 11) is 0. The van der Waals surface area contributed by atoms with Crippen LogP contribution in [-0.4, -0.2) is 54.0 Å². The number of hydrogen-bond donors (Lipinski definition) is 1. The van der Waals surface area contributed by atoms with Crippen LogP contribution in [0, 0.1) is 0 Å². The first-order valence-electron chi connectivity index (χ1n) is 7.10. The van der Waals surface area contributed by atoms with Crippen molar-refractivity contribution >= 4 is 40.9 Å². The molecule has 1 aliphatic heterocycles. The topological polar surface area (TPSA) is 58.6 Å². The normalized spacial score (nSPS) is 16.8. The van der Waals surface area contributed by atoms with Gasteiger partial charge in [0.1, 0.15) is 6.04 Å². The van der Waals surface area contributed by atoms with Crippen LogP contribution in [0.4, 0.5) is 5.69 Å². The van der Waals surface area contributed by atoms with Crippen molar-refractivity contribution in [3.63, 3.8) is 0 Å². The van der Waals surface area contributed by atoms with Gasteiger partial charge < -0.3 is 10.1 Å². The lowest BCUT2D eigenvalue weighted by Crippen LogP contribution is -2.45. The zero-order valence-corrected chi connectivity index (χ0v) is 14.0. The number of nitrogens with one attached hydrogen (secondary N) is 1. The van der Waals surface area contributed by atoms with Crippen molar-refractivity contribution in [1.82, 2.24) is 4.90 Å². The summed E-state index contributed by atoms with van der Waals surface area (Å²) in [6.45, 7) is 3.26. The molecule has 1 aliphatic rings. The molecule has 0 bridgehead atoms. The van der Waals surface area contributed by atoms with Gasteiger partial charge >= 0.3 is 5.97 Å². The number of hydrogen-bond acceptors (Lipinski definition) is 5. The average molecular weight is 343 g/mol. The van der Waals surface area contributed by atoms with Gasteiger partial charge in [0.15, 0.2) is 6.61 Å².